The second-order valence-electron chi connectivity index (χ2n) is 5.19. The molecular formula is C16H13N5O. The van der Waals surface area contributed by atoms with Crippen molar-refractivity contribution in [1.82, 2.24) is 20.4 Å². The molecule has 0 spiro atoms. The molecule has 22 heavy (non-hydrogen) atoms. The van der Waals surface area contributed by atoms with Gasteiger partial charge in [-0.2, -0.15) is 5.10 Å². The van der Waals surface area contributed by atoms with Gasteiger partial charge in [0.1, 0.15) is 5.52 Å². The monoisotopic (exact) mass is 291 g/mol. The molecule has 0 amide bonds. The van der Waals surface area contributed by atoms with Crippen molar-refractivity contribution in [2.45, 2.75) is 6.92 Å². The molecule has 0 aliphatic rings. The summed E-state index contributed by atoms with van der Waals surface area (Å²) >= 11 is 0. The van der Waals surface area contributed by atoms with Crippen LogP contribution in [0.1, 0.15) is 11.1 Å². The minimum atomic E-state index is -0.165. The summed E-state index contributed by atoms with van der Waals surface area (Å²) in [6.45, 7) is 2.02. The zero-order chi connectivity index (χ0) is 15.1. The van der Waals surface area contributed by atoms with Crippen LogP contribution in [0.5, 0.6) is 0 Å². The molecule has 4 aromatic rings. The third-order valence-corrected chi connectivity index (χ3v) is 3.68. The second-order valence-corrected chi connectivity index (χ2v) is 5.19. The van der Waals surface area contributed by atoms with E-state index in [1.807, 2.05) is 43.3 Å². The molecule has 3 N–H and O–H groups in total. The summed E-state index contributed by atoms with van der Waals surface area (Å²) in [5, 5.41) is 10.6. The Kier molecular flexibility index (Phi) is 2.69. The molecule has 2 aromatic heterocycles. The van der Waals surface area contributed by atoms with Gasteiger partial charge >= 0.3 is 0 Å². The quantitative estimate of drug-likeness (QED) is 0.496. The minimum Gasteiger partial charge on any atom is -0.321 e. The molecule has 0 fully saturated rings. The van der Waals surface area contributed by atoms with Crippen molar-refractivity contribution in [3.8, 4) is 0 Å². The lowest BCUT2D eigenvalue weighted by Gasteiger charge is -1.95. The van der Waals surface area contributed by atoms with Gasteiger partial charge in [0.05, 0.1) is 22.3 Å². The van der Waals surface area contributed by atoms with E-state index in [0.717, 1.165) is 27.6 Å². The number of H-pyrrole nitrogens is 3. The van der Waals surface area contributed by atoms with Gasteiger partial charge in [0.25, 0.3) is 5.56 Å². The van der Waals surface area contributed by atoms with E-state index in [1.165, 1.54) is 5.56 Å². The molecule has 4 rings (SSSR count). The zero-order valence-corrected chi connectivity index (χ0v) is 11.8. The average molecular weight is 291 g/mol. The molecule has 0 bridgehead atoms. The summed E-state index contributed by atoms with van der Waals surface area (Å²) < 4.78 is 0. The van der Waals surface area contributed by atoms with Gasteiger partial charge in [0, 0.05) is 11.6 Å². The van der Waals surface area contributed by atoms with Crippen LogP contribution in [0.2, 0.25) is 0 Å². The van der Waals surface area contributed by atoms with E-state index in [2.05, 4.69) is 25.4 Å². The molecule has 0 aliphatic heterocycles. The summed E-state index contributed by atoms with van der Waals surface area (Å²) in [5.74, 6) is 0. The van der Waals surface area contributed by atoms with Gasteiger partial charge in [0.2, 0.25) is 0 Å². The Morgan fingerprint density at radius 1 is 1.09 bits per heavy atom. The standard InChI is InChI=1S/C16H13N5O/c1-9-2-4-10(5-3-9)17-8-11-14-12(18-16(11)22)6-7-13-15(14)20-21-19-13/h2-8,19,21H,1H3,(H,18,22). The number of rotatable bonds is 2. The number of nitrogens with zero attached hydrogens (tertiary/aromatic N) is 2. The predicted molar refractivity (Wildman–Crippen MR) is 87.0 cm³/mol. The second kappa shape index (κ2) is 4.70. The number of hydrogen-bond donors (Lipinski definition) is 3. The zero-order valence-electron chi connectivity index (χ0n) is 11.8. The van der Waals surface area contributed by atoms with E-state index in [0.29, 0.717) is 5.56 Å². The highest BCUT2D eigenvalue weighted by atomic mass is 16.1. The van der Waals surface area contributed by atoms with Crippen molar-refractivity contribution < 1.29 is 0 Å². The highest BCUT2D eigenvalue weighted by molar-refractivity contribution is 6.11. The van der Waals surface area contributed by atoms with Gasteiger partial charge in [-0.15, -0.1) is 0 Å². The molecule has 6 nitrogen and oxygen atoms in total. The third kappa shape index (κ3) is 1.93. The number of hydrogen-bond acceptors (Lipinski definition) is 3. The van der Waals surface area contributed by atoms with Gasteiger partial charge in [-0.1, -0.05) is 17.7 Å². The van der Waals surface area contributed by atoms with E-state index in [4.69, 9.17) is 0 Å². The molecule has 2 aromatic carbocycles. The Morgan fingerprint density at radius 2 is 1.86 bits per heavy atom. The van der Waals surface area contributed by atoms with Crippen LogP contribution in [-0.2, 0) is 0 Å². The predicted octanol–water partition coefficient (Wildman–Crippen LogP) is 2.79. The van der Waals surface area contributed by atoms with Crippen molar-refractivity contribution in [3.05, 3.63) is 57.9 Å². The molecule has 0 saturated heterocycles. The Morgan fingerprint density at radius 3 is 2.68 bits per heavy atom. The molecule has 0 radical (unpaired) electrons. The van der Waals surface area contributed by atoms with E-state index in [9.17, 15) is 4.79 Å². The van der Waals surface area contributed by atoms with Crippen LogP contribution in [-0.4, -0.2) is 26.6 Å². The maximum Gasteiger partial charge on any atom is 0.258 e. The Bertz CT molecular complexity index is 1050. The molecule has 2 heterocycles. The normalized spacial score (nSPS) is 11.9. The lowest BCUT2D eigenvalue weighted by molar-refractivity contribution is 0.960. The lowest BCUT2D eigenvalue weighted by atomic mass is 10.1. The van der Waals surface area contributed by atoms with Crippen molar-refractivity contribution in [3.63, 3.8) is 0 Å². The highest BCUT2D eigenvalue weighted by Crippen LogP contribution is 2.22. The number of aromatic amines is 3. The molecule has 0 unspecified atom stereocenters. The van der Waals surface area contributed by atoms with E-state index < -0.39 is 0 Å². The molecule has 0 aliphatic carbocycles. The first kappa shape index (κ1) is 12.6. The van der Waals surface area contributed by atoms with E-state index in [1.54, 1.807) is 6.21 Å². The van der Waals surface area contributed by atoms with E-state index in [-0.39, 0.29) is 5.56 Å². The fourth-order valence-electron chi connectivity index (χ4n) is 2.53. The van der Waals surface area contributed by atoms with Crippen LogP contribution < -0.4 is 5.56 Å². The Labute approximate surface area is 124 Å². The summed E-state index contributed by atoms with van der Waals surface area (Å²) in [5.41, 5.74) is 4.65. The van der Waals surface area contributed by atoms with Crippen LogP contribution in [0.15, 0.2) is 46.2 Å². The van der Waals surface area contributed by atoms with Gasteiger partial charge < -0.3 is 4.98 Å². The Hall–Kier alpha value is -3.15. The highest BCUT2D eigenvalue weighted by Gasteiger charge is 2.12. The summed E-state index contributed by atoms with van der Waals surface area (Å²) in [6, 6.07) is 11.5. The first-order valence-corrected chi connectivity index (χ1v) is 6.90. The summed E-state index contributed by atoms with van der Waals surface area (Å²) in [6.07, 6.45) is 1.60. The molecule has 6 heteroatoms. The molecular weight excluding hydrogens is 278 g/mol. The Balaban J connectivity index is 1.90. The molecule has 108 valence electrons. The number of benzene rings is 2. The maximum absolute atomic E-state index is 12.2. The van der Waals surface area contributed by atoms with Gasteiger partial charge in [-0.3, -0.25) is 14.9 Å². The van der Waals surface area contributed by atoms with Gasteiger partial charge in [-0.05, 0) is 31.2 Å². The van der Waals surface area contributed by atoms with Gasteiger partial charge in [0.15, 0.2) is 0 Å². The number of nitrogens with one attached hydrogen (secondary N) is 3. The number of aliphatic imine (C=N–C) groups is 1. The fourth-order valence-corrected chi connectivity index (χ4v) is 2.53. The third-order valence-electron chi connectivity index (χ3n) is 3.68. The number of aromatic nitrogens is 4. The van der Waals surface area contributed by atoms with Crippen LogP contribution >= 0.6 is 0 Å². The first-order chi connectivity index (χ1) is 10.7. The van der Waals surface area contributed by atoms with E-state index >= 15 is 0 Å². The topological polar surface area (TPSA) is 89.7 Å². The van der Waals surface area contributed by atoms with Crippen molar-refractivity contribution in [2.75, 3.05) is 0 Å². The molecule has 0 atom stereocenters. The van der Waals surface area contributed by atoms with Gasteiger partial charge in [-0.25, -0.2) is 5.21 Å². The van der Waals surface area contributed by atoms with Crippen LogP contribution in [0.3, 0.4) is 0 Å². The maximum atomic E-state index is 12.2. The number of fused-ring (bicyclic) bond motifs is 3. The van der Waals surface area contributed by atoms with Crippen LogP contribution in [0.4, 0.5) is 5.69 Å². The SMILES string of the molecule is Cc1ccc(N=Cc2c(=O)[nH]c3ccc4[nH][nH]nc4c23)cc1. The smallest absolute Gasteiger partial charge is 0.258 e. The van der Waals surface area contributed by atoms with Crippen molar-refractivity contribution in [2.24, 2.45) is 4.99 Å². The summed E-state index contributed by atoms with van der Waals surface area (Å²) in [7, 11) is 0. The fraction of sp³-hybridized carbons (Fsp3) is 0.0625. The number of aryl methyl sites for hydroxylation is 1. The molecule has 0 saturated carbocycles. The van der Waals surface area contributed by atoms with Crippen LogP contribution in [0, 0.1) is 6.92 Å². The average Bonchev–Trinajstić information content (AvgIpc) is 3.10. The summed E-state index contributed by atoms with van der Waals surface area (Å²) in [4.78, 5) is 19.4. The van der Waals surface area contributed by atoms with Crippen molar-refractivity contribution in [1.29, 1.82) is 0 Å². The largest absolute Gasteiger partial charge is 0.321 e. The van der Waals surface area contributed by atoms with Crippen LogP contribution in [0.25, 0.3) is 21.9 Å². The first-order valence-electron chi connectivity index (χ1n) is 6.90. The lowest BCUT2D eigenvalue weighted by Crippen LogP contribution is -2.04. The minimum absolute atomic E-state index is 0.165. The van der Waals surface area contributed by atoms with Crippen molar-refractivity contribution >= 4 is 33.8 Å².